The molecule has 3 rings (SSSR count). The summed E-state index contributed by atoms with van der Waals surface area (Å²) in [6.07, 6.45) is -2.84. The number of benzene rings is 1. The molecule has 1 fully saturated rings. The highest BCUT2D eigenvalue weighted by Crippen LogP contribution is 2.65. The van der Waals surface area contributed by atoms with Crippen LogP contribution in [0.4, 0.5) is 18.9 Å². The summed E-state index contributed by atoms with van der Waals surface area (Å²) in [4.78, 5) is 3.39. The molecule has 25 heavy (non-hydrogen) atoms. The van der Waals surface area contributed by atoms with Crippen molar-refractivity contribution >= 4 is 52.1 Å². The van der Waals surface area contributed by atoms with E-state index in [1.54, 1.807) is 6.92 Å². The van der Waals surface area contributed by atoms with Crippen LogP contribution in [0.2, 0.25) is 10.0 Å². The van der Waals surface area contributed by atoms with E-state index in [4.69, 9.17) is 53.0 Å². The van der Waals surface area contributed by atoms with E-state index in [1.807, 2.05) is 0 Å². The van der Waals surface area contributed by atoms with Gasteiger partial charge in [0.05, 0.1) is 27.9 Å². The molecule has 0 spiro atoms. The van der Waals surface area contributed by atoms with Crippen molar-refractivity contribution in [3.63, 3.8) is 0 Å². The molecule has 0 amide bonds. The van der Waals surface area contributed by atoms with Crippen LogP contribution in [0.3, 0.4) is 0 Å². The molecule has 3 nitrogen and oxygen atoms in total. The maximum atomic E-state index is 12.8. The second kappa shape index (κ2) is 5.68. The van der Waals surface area contributed by atoms with Gasteiger partial charge in [0, 0.05) is 11.6 Å². The summed E-state index contributed by atoms with van der Waals surface area (Å²) in [5.74, 6) is 0. The third-order valence-corrected chi connectivity index (χ3v) is 5.85. The van der Waals surface area contributed by atoms with Crippen LogP contribution >= 0.6 is 46.4 Å². The number of nitrogens with zero attached hydrogens (tertiary/aromatic N) is 3. The Morgan fingerprint density at radius 2 is 1.76 bits per heavy atom. The first-order valence-corrected chi connectivity index (χ1v) is 8.34. The Labute approximate surface area is 161 Å². The van der Waals surface area contributed by atoms with Gasteiger partial charge < -0.3 is 0 Å². The van der Waals surface area contributed by atoms with Crippen molar-refractivity contribution in [3.8, 4) is 5.69 Å². The Morgan fingerprint density at radius 3 is 2.16 bits per heavy atom. The van der Waals surface area contributed by atoms with Crippen LogP contribution < -0.4 is 0 Å². The molecule has 1 aromatic heterocycles. The standard InChI is InChI=1S/C15H8Cl4F3N3/c1-13(6-14(13,18)19)12-10(23-2)5-25(24-12)11-8(16)3-7(4-9(11)17)15(20,21)22/h3-5H,6H2,1H3. The maximum absolute atomic E-state index is 12.8. The van der Waals surface area contributed by atoms with E-state index in [0.29, 0.717) is 12.1 Å². The lowest BCUT2D eigenvalue weighted by Gasteiger charge is -2.13. The maximum Gasteiger partial charge on any atom is 0.416 e. The van der Waals surface area contributed by atoms with E-state index in [2.05, 4.69) is 9.94 Å². The van der Waals surface area contributed by atoms with Gasteiger partial charge in [-0.3, -0.25) is 0 Å². The Kier molecular flexibility index (Phi) is 4.24. The van der Waals surface area contributed by atoms with Gasteiger partial charge in [0.25, 0.3) is 0 Å². The molecule has 1 saturated carbocycles. The first kappa shape index (κ1) is 18.7. The van der Waals surface area contributed by atoms with Crippen LogP contribution in [0.25, 0.3) is 10.5 Å². The fourth-order valence-corrected chi connectivity index (χ4v) is 3.93. The third-order valence-electron chi connectivity index (χ3n) is 4.17. The van der Waals surface area contributed by atoms with E-state index in [0.717, 1.165) is 12.1 Å². The van der Waals surface area contributed by atoms with Gasteiger partial charge in [-0.1, -0.05) is 30.1 Å². The van der Waals surface area contributed by atoms with E-state index in [1.165, 1.54) is 10.9 Å². The molecule has 0 aliphatic heterocycles. The zero-order valence-electron chi connectivity index (χ0n) is 12.4. The van der Waals surface area contributed by atoms with Gasteiger partial charge in [0.2, 0.25) is 5.69 Å². The summed E-state index contributed by atoms with van der Waals surface area (Å²) in [6.45, 7) is 9.05. The van der Waals surface area contributed by atoms with Crippen LogP contribution in [0.15, 0.2) is 18.3 Å². The number of alkyl halides is 5. The van der Waals surface area contributed by atoms with Crippen LogP contribution in [0.5, 0.6) is 0 Å². The van der Waals surface area contributed by atoms with Gasteiger partial charge in [-0.25, -0.2) is 9.53 Å². The molecule has 0 N–H and O–H groups in total. The number of hydrogen-bond donors (Lipinski definition) is 0. The second-order valence-electron chi connectivity index (χ2n) is 5.92. The molecule has 2 aromatic rings. The number of rotatable bonds is 2. The molecular weight excluding hydrogens is 421 g/mol. The molecule has 1 unspecified atom stereocenters. The van der Waals surface area contributed by atoms with Crippen molar-refractivity contribution in [2.45, 2.75) is 29.3 Å². The first-order chi connectivity index (χ1) is 11.4. The minimum Gasteiger partial charge on any atom is -0.249 e. The fraction of sp³-hybridized carbons (Fsp3) is 0.333. The molecule has 1 aliphatic carbocycles. The topological polar surface area (TPSA) is 22.2 Å². The van der Waals surface area contributed by atoms with E-state index in [-0.39, 0.29) is 21.4 Å². The molecular formula is C15H8Cl4F3N3. The third kappa shape index (κ3) is 2.97. The van der Waals surface area contributed by atoms with E-state index in [9.17, 15) is 13.2 Å². The van der Waals surface area contributed by atoms with Crippen LogP contribution in [-0.4, -0.2) is 14.1 Å². The highest BCUT2D eigenvalue weighted by Gasteiger charge is 2.65. The van der Waals surface area contributed by atoms with Crippen LogP contribution in [0.1, 0.15) is 24.6 Å². The molecule has 0 radical (unpaired) electrons. The fourth-order valence-electron chi connectivity index (χ4n) is 2.56. The molecule has 0 bridgehead atoms. The highest BCUT2D eigenvalue weighted by atomic mass is 35.5. The van der Waals surface area contributed by atoms with Crippen LogP contribution in [-0.2, 0) is 11.6 Å². The van der Waals surface area contributed by atoms with Gasteiger partial charge in [-0.05, 0) is 18.6 Å². The molecule has 1 aromatic carbocycles. The summed E-state index contributed by atoms with van der Waals surface area (Å²) in [7, 11) is 0. The summed E-state index contributed by atoms with van der Waals surface area (Å²) in [5.41, 5.74) is -1.13. The molecule has 0 saturated heterocycles. The van der Waals surface area contributed by atoms with E-state index >= 15 is 0 Å². The van der Waals surface area contributed by atoms with E-state index < -0.39 is 21.5 Å². The largest absolute Gasteiger partial charge is 0.416 e. The van der Waals surface area contributed by atoms with Crippen molar-refractivity contribution in [2.24, 2.45) is 0 Å². The zero-order chi connectivity index (χ0) is 18.8. The number of aromatic nitrogens is 2. The smallest absolute Gasteiger partial charge is 0.249 e. The molecule has 132 valence electrons. The highest BCUT2D eigenvalue weighted by molar-refractivity contribution is 6.52. The number of halogens is 7. The lowest BCUT2D eigenvalue weighted by atomic mass is 10.1. The van der Waals surface area contributed by atoms with Gasteiger partial charge in [-0.2, -0.15) is 18.3 Å². The first-order valence-electron chi connectivity index (χ1n) is 6.83. The number of hydrogen-bond acceptors (Lipinski definition) is 1. The van der Waals surface area contributed by atoms with Crippen LogP contribution in [0, 0.1) is 6.57 Å². The Hall–Kier alpha value is -1.13. The van der Waals surface area contributed by atoms with Crippen molar-refractivity contribution in [3.05, 3.63) is 51.0 Å². The molecule has 10 heteroatoms. The summed E-state index contributed by atoms with van der Waals surface area (Å²) < 4.78 is 38.7. The minimum atomic E-state index is -4.58. The average Bonchev–Trinajstić information content (AvgIpc) is 2.83. The second-order valence-corrected chi connectivity index (χ2v) is 8.22. The van der Waals surface area contributed by atoms with Crippen molar-refractivity contribution in [1.82, 2.24) is 9.78 Å². The Morgan fingerprint density at radius 1 is 1.24 bits per heavy atom. The van der Waals surface area contributed by atoms with Crippen molar-refractivity contribution < 1.29 is 13.2 Å². The van der Waals surface area contributed by atoms with Crippen molar-refractivity contribution in [1.29, 1.82) is 0 Å². The molecule has 1 atom stereocenters. The molecule has 1 heterocycles. The molecule has 1 aliphatic rings. The van der Waals surface area contributed by atoms with Gasteiger partial charge >= 0.3 is 6.18 Å². The Bertz CT molecular complexity index is 891. The van der Waals surface area contributed by atoms with Gasteiger partial charge in [0.1, 0.15) is 10.0 Å². The lowest BCUT2D eigenvalue weighted by Crippen LogP contribution is -2.12. The monoisotopic (exact) mass is 427 g/mol. The predicted octanol–water partition coefficient (Wildman–Crippen LogP) is 6.58. The van der Waals surface area contributed by atoms with Gasteiger partial charge in [-0.15, -0.1) is 23.2 Å². The summed E-state index contributed by atoms with van der Waals surface area (Å²) >= 11 is 24.3. The normalized spacial score (nSPS) is 21.9. The summed E-state index contributed by atoms with van der Waals surface area (Å²) in [6, 6.07) is 1.52. The predicted molar refractivity (Wildman–Crippen MR) is 91.3 cm³/mol. The van der Waals surface area contributed by atoms with Crippen molar-refractivity contribution in [2.75, 3.05) is 0 Å². The SMILES string of the molecule is [C-]#[N+]c1cn(-c2c(Cl)cc(C(F)(F)F)cc2Cl)nc1C1(C)CC1(Cl)Cl. The summed E-state index contributed by atoms with van der Waals surface area (Å²) in [5, 5.41) is 3.80. The zero-order valence-corrected chi connectivity index (χ0v) is 15.5. The Balaban J connectivity index is 2.14. The lowest BCUT2D eigenvalue weighted by molar-refractivity contribution is -0.137. The average molecular weight is 429 g/mol. The van der Waals surface area contributed by atoms with Gasteiger partial charge in [0.15, 0.2) is 0 Å². The quantitative estimate of drug-likeness (QED) is 0.391. The minimum absolute atomic E-state index is 0.0477.